The second-order valence-corrected chi connectivity index (χ2v) is 6.56. The molecule has 0 radical (unpaired) electrons. The van der Waals surface area contributed by atoms with Gasteiger partial charge in [0.15, 0.2) is 0 Å². The summed E-state index contributed by atoms with van der Waals surface area (Å²) in [6.07, 6.45) is 5.63. The molecule has 0 unspecified atom stereocenters. The normalized spacial score (nSPS) is 15.4. The highest BCUT2D eigenvalue weighted by atomic mass is 16.3. The van der Waals surface area contributed by atoms with Gasteiger partial charge >= 0.3 is 0 Å². The van der Waals surface area contributed by atoms with Gasteiger partial charge in [-0.1, -0.05) is 6.07 Å². The van der Waals surface area contributed by atoms with Gasteiger partial charge in [-0.25, -0.2) is 0 Å². The molecule has 6 heteroatoms. The average Bonchev–Trinajstić information content (AvgIpc) is 3.14. The Morgan fingerprint density at radius 2 is 2.16 bits per heavy atom. The lowest BCUT2D eigenvalue weighted by Crippen LogP contribution is -2.39. The largest absolute Gasteiger partial charge is 0.396 e. The molecule has 1 aliphatic heterocycles. The number of likely N-dealkylation sites (tertiary alicyclic amines) is 1. The van der Waals surface area contributed by atoms with Gasteiger partial charge in [0, 0.05) is 55.8 Å². The maximum atomic E-state index is 12.7. The van der Waals surface area contributed by atoms with E-state index in [1.807, 2.05) is 46.2 Å². The Kier molecular flexibility index (Phi) is 5.71. The third-order valence-electron chi connectivity index (χ3n) is 4.78. The minimum absolute atomic E-state index is 0.0684. The molecule has 1 aromatic heterocycles. The summed E-state index contributed by atoms with van der Waals surface area (Å²) in [4.78, 5) is 14.6. The number of aliphatic hydroxyl groups excluding tert-OH is 1. The second-order valence-electron chi connectivity index (χ2n) is 6.56. The molecule has 1 amide bonds. The number of aryl methyl sites for hydroxylation is 1. The van der Waals surface area contributed by atoms with Crippen LogP contribution >= 0.6 is 0 Å². The molecule has 1 aliphatic rings. The van der Waals surface area contributed by atoms with Crippen molar-refractivity contribution in [3.63, 3.8) is 0 Å². The van der Waals surface area contributed by atoms with Crippen LogP contribution in [0.5, 0.6) is 0 Å². The molecule has 1 saturated heterocycles. The van der Waals surface area contributed by atoms with Crippen LogP contribution in [0.2, 0.25) is 0 Å². The summed E-state index contributed by atoms with van der Waals surface area (Å²) in [7, 11) is 0. The van der Waals surface area contributed by atoms with Crippen molar-refractivity contribution >= 4 is 11.6 Å². The molecule has 2 aromatic rings. The summed E-state index contributed by atoms with van der Waals surface area (Å²) in [5.74, 6) is 0.403. The second kappa shape index (κ2) is 8.16. The van der Waals surface area contributed by atoms with E-state index in [0.717, 1.165) is 43.7 Å². The van der Waals surface area contributed by atoms with Crippen LogP contribution in [0.25, 0.3) is 0 Å². The maximum Gasteiger partial charge on any atom is 0.253 e. The number of carbonyl (C=O) groups excluding carboxylic acids is 1. The van der Waals surface area contributed by atoms with E-state index in [4.69, 9.17) is 0 Å². The van der Waals surface area contributed by atoms with Crippen LogP contribution in [0.3, 0.4) is 0 Å². The minimum atomic E-state index is 0.0684. The fourth-order valence-electron chi connectivity index (χ4n) is 3.14. The highest BCUT2D eigenvalue weighted by Crippen LogP contribution is 2.20. The first-order valence-corrected chi connectivity index (χ1v) is 8.95. The molecule has 1 fully saturated rings. The maximum absolute atomic E-state index is 12.7. The van der Waals surface area contributed by atoms with Crippen LogP contribution in [0.4, 0.5) is 5.69 Å². The number of anilines is 1. The number of hydrogen-bond acceptors (Lipinski definition) is 4. The third-order valence-corrected chi connectivity index (χ3v) is 4.78. The number of piperidine rings is 1. The molecular weight excluding hydrogens is 316 g/mol. The Morgan fingerprint density at radius 1 is 1.36 bits per heavy atom. The lowest BCUT2D eigenvalue weighted by molar-refractivity contribution is 0.0651. The molecule has 0 atom stereocenters. The topological polar surface area (TPSA) is 70.4 Å². The Balaban J connectivity index is 1.59. The summed E-state index contributed by atoms with van der Waals surface area (Å²) in [5.41, 5.74) is 2.75. The van der Waals surface area contributed by atoms with Gasteiger partial charge in [0.05, 0.1) is 6.20 Å². The van der Waals surface area contributed by atoms with Gasteiger partial charge in [-0.15, -0.1) is 0 Å². The fraction of sp³-hybridized carbons (Fsp3) is 0.474. The third kappa shape index (κ3) is 4.39. The van der Waals surface area contributed by atoms with Crippen LogP contribution in [-0.4, -0.2) is 45.4 Å². The summed E-state index contributed by atoms with van der Waals surface area (Å²) >= 11 is 0. The molecule has 2 heterocycles. The van der Waals surface area contributed by atoms with Crippen molar-refractivity contribution in [3.05, 3.63) is 47.8 Å². The van der Waals surface area contributed by atoms with Crippen molar-refractivity contribution in [1.82, 2.24) is 14.7 Å². The number of rotatable bonds is 6. The van der Waals surface area contributed by atoms with Crippen molar-refractivity contribution in [2.45, 2.75) is 32.9 Å². The number of nitrogens with zero attached hydrogens (tertiary/aromatic N) is 3. The van der Waals surface area contributed by atoms with Crippen LogP contribution in [0, 0.1) is 5.92 Å². The van der Waals surface area contributed by atoms with E-state index in [0.29, 0.717) is 18.0 Å². The number of amides is 1. The number of hydrogen-bond donors (Lipinski definition) is 2. The number of carbonyl (C=O) groups is 1. The minimum Gasteiger partial charge on any atom is -0.396 e. The summed E-state index contributed by atoms with van der Waals surface area (Å²) in [6.45, 7) is 5.25. The molecule has 0 aliphatic carbocycles. The van der Waals surface area contributed by atoms with Gasteiger partial charge in [-0.3, -0.25) is 9.48 Å². The van der Waals surface area contributed by atoms with Gasteiger partial charge < -0.3 is 15.3 Å². The smallest absolute Gasteiger partial charge is 0.253 e. The molecule has 25 heavy (non-hydrogen) atoms. The lowest BCUT2D eigenvalue weighted by Gasteiger charge is -2.31. The SMILES string of the molecule is CCn1cc(CNc2cccc(C(=O)N3CCC(CO)CC3)c2)cn1. The Bertz CT molecular complexity index is 705. The van der Waals surface area contributed by atoms with Gasteiger partial charge in [-0.2, -0.15) is 5.10 Å². The van der Waals surface area contributed by atoms with Gasteiger partial charge in [0.2, 0.25) is 0 Å². The van der Waals surface area contributed by atoms with Crippen molar-refractivity contribution in [3.8, 4) is 0 Å². The van der Waals surface area contributed by atoms with Crippen molar-refractivity contribution < 1.29 is 9.90 Å². The van der Waals surface area contributed by atoms with Crippen LogP contribution < -0.4 is 5.32 Å². The van der Waals surface area contributed by atoms with E-state index >= 15 is 0 Å². The average molecular weight is 342 g/mol. The van der Waals surface area contributed by atoms with Crippen molar-refractivity contribution in [2.75, 3.05) is 25.0 Å². The number of aliphatic hydroxyl groups is 1. The zero-order chi connectivity index (χ0) is 17.6. The predicted molar refractivity (Wildman–Crippen MR) is 97.4 cm³/mol. The lowest BCUT2D eigenvalue weighted by atomic mass is 9.97. The molecule has 0 bridgehead atoms. The number of benzene rings is 1. The molecule has 3 rings (SSSR count). The standard InChI is InChI=1S/C19H26N4O2/c1-2-23-13-16(12-21-23)11-20-18-5-3-4-17(10-18)19(25)22-8-6-15(14-24)7-9-22/h3-5,10,12-13,15,20,24H,2,6-9,11,14H2,1H3. The van der Waals surface area contributed by atoms with Crippen molar-refractivity contribution in [2.24, 2.45) is 5.92 Å². The van der Waals surface area contributed by atoms with Crippen LogP contribution in [-0.2, 0) is 13.1 Å². The van der Waals surface area contributed by atoms with E-state index in [9.17, 15) is 9.90 Å². The molecule has 6 nitrogen and oxygen atoms in total. The summed E-state index contributed by atoms with van der Waals surface area (Å²) < 4.78 is 1.90. The predicted octanol–water partition coefficient (Wildman–Crippen LogP) is 2.36. The highest BCUT2D eigenvalue weighted by molar-refractivity contribution is 5.95. The van der Waals surface area contributed by atoms with Gasteiger partial charge in [0.1, 0.15) is 0 Å². The first-order chi connectivity index (χ1) is 12.2. The quantitative estimate of drug-likeness (QED) is 0.845. The molecule has 0 spiro atoms. The Hall–Kier alpha value is -2.34. The first-order valence-electron chi connectivity index (χ1n) is 8.95. The van der Waals surface area contributed by atoms with Crippen molar-refractivity contribution in [1.29, 1.82) is 0 Å². The van der Waals surface area contributed by atoms with E-state index < -0.39 is 0 Å². The van der Waals surface area contributed by atoms with Gasteiger partial charge in [-0.05, 0) is 43.9 Å². The molecule has 0 saturated carbocycles. The Morgan fingerprint density at radius 3 is 2.84 bits per heavy atom. The molecular formula is C19H26N4O2. The number of aromatic nitrogens is 2. The molecule has 2 N–H and O–H groups in total. The monoisotopic (exact) mass is 342 g/mol. The zero-order valence-electron chi connectivity index (χ0n) is 14.7. The van der Waals surface area contributed by atoms with Gasteiger partial charge in [0.25, 0.3) is 5.91 Å². The van der Waals surface area contributed by atoms with E-state index in [-0.39, 0.29) is 12.5 Å². The summed E-state index contributed by atoms with van der Waals surface area (Å²) in [6, 6.07) is 7.65. The summed E-state index contributed by atoms with van der Waals surface area (Å²) in [5, 5.41) is 16.8. The van der Waals surface area contributed by atoms with Crippen LogP contribution in [0.1, 0.15) is 35.7 Å². The molecule has 134 valence electrons. The van der Waals surface area contributed by atoms with E-state index in [1.54, 1.807) is 0 Å². The van der Waals surface area contributed by atoms with Crippen LogP contribution in [0.15, 0.2) is 36.7 Å². The molecule has 1 aromatic carbocycles. The fourth-order valence-corrected chi connectivity index (χ4v) is 3.14. The zero-order valence-corrected chi connectivity index (χ0v) is 14.7. The first kappa shape index (κ1) is 17.5. The Labute approximate surface area is 148 Å². The number of nitrogens with one attached hydrogen (secondary N) is 1. The van der Waals surface area contributed by atoms with E-state index in [2.05, 4.69) is 17.3 Å². The van der Waals surface area contributed by atoms with E-state index in [1.165, 1.54) is 0 Å². The highest BCUT2D eigenvalue weighted by Gasteiger charge is 2.23.